The van der Waals surface area contributed by atoms with Gasteiger partial charge >= 0.3 is 6.18 Å². The number of nitrogens with one attached hydrogen (secondary N) is 2. The first-order chi connectivity index (χ1) is 23.1. The van der Waals surface area contributed by atoms with E-state index >= 15 is 0 Å². The van der Waals surface area contributed by atoms with Crippen LogP contribution in [0.4, 0.5) is 24.8 Å². The van der Waals surface area contributed by atoms with Gasteiger partial charge < -0.3 is 19.5 Å². The lowest BCUT2D eigenvalue weighted by Crippen LogP contribution is -2.31. The number of benzene rings is 1. The van der Waals surface area contributed by atoms with E-state index in [0.717, 1.165) is 10.7 Å². The molecule has 0 unspecified atom stereocenters. The molecule has 0 atom stereocenters. The van der Waals surface area contributed by atoms with Gasteiger partial charge in [-0.1, -0.05) is 0 Å². The molecule has 0 saturated carbocycles. The van der Waals surface area contributed by atoms with Gasteiger partial charge in [0.1, 0.15) is 22.0 Å². The van der Waals surface area contributed by atoms with E-state index in [9.17, 15) is 26.4 Å². The fraction of sp³-hybridized carbons (Fsp3) is 0.267. The third kappa shape index (κ3) is 6.96. The minimum atomic E-state index is -4.76. The molecule has 5 rings (SSSR count). The van der Waals surface area contributed by atoms with Gasteiger partial charge in [0.2, 0.25) is 11.8 Å². The number of rotatable bonds is 10. The van der Waals surface area contributed by atoms with Crippen LogP contribution in [0.1, 0.15) is 33.1 Å². The van der Waals surface area contributed by atoms with Gasteiger partial charge in [-0.25, -0.2) is 27.8 Å². The molecule has 19 heteroatoms. The lowest BCUT2D eigenvalue weighted by Gasteiger charge is -2.15. The van der Waals surface area contributed by atoms with Gasteiger partial charge in [-0.2, -0.15) is 28.4 Å². The number of carbonyl (C=O) groups excluding carboxylic acids is 1. The Balaban J connectivity index is 1.62. The van der Waals surface area contributed by atoms with Crippen molar-refractivity contribution in [1.82, 2.24) is 39.2 Å². The molecule has 2 N–H and O–H groups in total. The zero-order chi connectivity index (χ0) is 35.8. The van der Waals surface area contributed by atoms with Gasteiger partial charge in [-0.3, -0.25) is 9.48 Å². The van der Waals surface area contributed by atoms with Crippen LogP contribution >= 0.6 is 0 Å². The molecule has 4 aromatic heterocycles. The van der Waals surface area contributed by atoms with Crippen LogP contribution in [0.25, 0.3) is 16.9 Å². The SMILES string of the molecule is COc1cc(Nc2ncc(-c3cnc(OC)c(C(=O)NS(=O)(=O)c4c(C)nn(C)c4C)c3)c(-n3nc(C(F)(F)F)cc3C)n2)cc(OC)c1. The number of aryl methyl sites for hydroxylation is 3. The van der Waals surface area contributed by atoms with Crippen molar-refractivity contribution in [3.8, 4) is 34.3 Å². The number of anilines is 2. The van der Waals surface area contributed by atoms with Crippen LogP contribution < -0.4 is 24.2 Å². The highest BCUT2D eigenvalue weighted by atomic mass is 32.2. The summed E-state index contributed by atoms with van der Waals surface area (Å²) >= 11 is 0. The number of pyridine rings is 1. The number of methoxy groups -OCH3 is 3. The Morgan fingerprint density at radius 3 is 2.12 bits per heavy atom. The summed E-state index contributed by atoms with van der Waals surface area (Å²) in [4.78, 5) is 26.3. The van der Waals surface area contributed by atoms with Crippen LogP contribution in [0.5, 0.6) is 17.4 Å². The van der Waals surface area contributed by atoms with E-state index in [-0.39, 0.29) is 50.6 Å². The Bertz CT molecular complexity index is 2160. The summed E-state index contributed by atoms with van der Waals surface area (Å²) < 4.78 is 87.8. The van der Waals surface area contributed by atoms with Crippen LogP contribution in [0.2, 0.25) is 0 Å². The first-order valence-corrected chi connectivity index (χ1v) is 15.7. The number of amides is 1. The number of carbonyl (C=O) groups is 1. The summed E-state index contributed by atoms with van der Waals surface area (Å²) in [6.45, 7) is 4.43. The second kappa shape index (κ2) is 13.1. The molecule has 1 aromatic carbocycles. The van der Waals surface area contributed by atoms with Crippen molar-refractivity contribution in [3.05, 3.63) is 71.1 Å². The van der Waals surface area contributed by atoms with Crippen LogP contribution in [-0.4, -0.2) is 70.2 Å². The Hall–Kier alpha value is -5.72. The summed E-state index contributed by atoms with van der Waals surface area (Å²) in [5.41, 5.74) is -0.247. The highest BCUT2D eigenvalue weighted by molar-refractivity contribution is 7.90. The maximum absolute atomic E-state index is 13.7. The van der Waals surface area contributed by atoms with Crippen molar-refractivity contribution in [2.45, 2.75) is 31.8 Å². The Labute approximate surface area is 278 Å². The minimum absolute atomic E-state index is 0.0368. The lowest BCUT2D eigenvalue weighted by molar-refractivity contribution is -0.141. The van der Waals surface area contributed by atoms with E-state index in [1.165, 1.54) is 65.2 Å². The smallest absolute Gasteiger partial charge is 0.435 e. The second-order valence-corrected chi connectivity index (χ2v) is 12.2. The Kier molecular flexibility index (Phi) is 9.22. The maximum Gasteiger partial charge on any atom is 0.435 e. The van der Waals surface area contributed by atoms with Crippen LogP contribution in [0, 0.1) is 20.8 Å². The number of hydrogen-bond acceptors (Lipinski definition) is 12. The molecule has 0 aliphatic carbocycles. The average Bonchev–Trinajstić information content (AvgIpc) is 3.57. The van der Waals surface area contributed by atoms with Gasteiger partial charge in [0.05, 0.1) is 32.7 Å². The van der Waals surface area contributed by atoms with Gasteiger partial charge in [-0.05, 0) is 32.9 Å². The molecule has 0 radical (unpaired) electrons. The fourth-order valence-corrected chi connectivity index (χ4v) is 6.34. The monoisotopic (exact) mass is 701 g/mol. The van der Waals surface area contributed by atoms with Gasteiger partial charge in [0.15, 0.2) is 11.5 Å². The van der Waals surface area contributed by atoms with Crippen molar-refractivity contribution in [1.29, 1.82) is 0 Å². The first kappa shape index (κ1) is 34.6. The largest absolute Gasteiger partial charge is 0.497 e. The maximum atomic E-state index is 13.7. The van der Waals surface area contributed by atoms with Gasteiger partial charge in [-0.15, -0.1) is 0 Å². The molecule has 15 nitrogen and oxygen atoms in total. The average molecular weight is 702 g/mol. The predicted molar refractivity (Wildman–Crippen MR) is 169 cm³/mol. The third-order valence-electron chi connectivity index (χ3n) is 7.29. The lowest BCUT2D eigenvalue weighted by atomic mass is 10.1. The van der Waals surface area contributed by atoms with E-state index < -0.39 is 27.8 Å². The predicted octanol–water partition coefficient (Wildman–Crippen LogP) is 4.29. The molecule has 0 saturated heterocycles. The Morgan fingerprint density at radius 2 is 1.57 bits per heavy atom. The number of alkyl halides is 3. The molecular weight excluding hydrogens is 671 g/mol. The van der Waals surface area contributed by atoms with Gasteiger partial charge in [0, 0.05) is 60.1 Å². The molecule has 5 aromatic rings. The molecule has 4 heterocycles. The molecule has 0 spiro atoms. The number of nitrogens with zero attached hydrogens (tertiary/aromatic N) is 7. The van der Waals surface area contributed by atoms with E-state index in [4.69, 9.17) is 14.2 Å². The van der Waals surface area contributed by atoms with Crippen LogP contribution in [0.3, 0.4) is 0 Å². The van der Waals surface area contributed by atoms with Crippen LogP contribution in [0.15, 0.2) is 47.6 Å². The molecule has 258 valence electrons. The van der Waals surface area contributed by atoms with E-state index in [0.29, 0.717) is 22.9 Å². The topological polar surface area (TPSA) is 177 Å². The number of halogens is 3. The quantitative estimate of drug-likeness (QED) is 0.212. The number of aromatic nitrogens is 7. The highest BCUT2D eigenvalue weighted by Crippen LogP contribution is 2.34. The first-order valence-electron chi connectivity index (χ1n) is 14.2. The van der Waals surface area contributed by atoms with Gasteiger partial charge in [0.25, 0.3) is 15.9 Å². The van der Waals surface area contributed by atoms with Crippen LogP contribution in [-0.2, 0) is 23.2 Å². The van der Waals surface area contributed by atoms with E-state index in [1.807, 2.05) is 4.72 Å². The number of hydrogen-bond donors (Lipinski definition) is 2. The zero-order valence-electron chi connectivity index (χ0n) is 27.2. The normalized spacial score (nSPS) is 11.7. The summed E-state index contributed by atoms with van der Waals surface area (Å²) in [7, 11) is 1.33. The molecular formula is C30H30F3N9O6S. The summed E-state index contributed by atoms with van der Waals surface area (Å²) in [5, 5.41) is 10.8. The van der Waals surface area contributed by atoms with E-state index in [2.05, 4.69) is 30.5 Å². The fourth-order valence-electron chi connectivity index (χ4n) is 4.93. The summed E-state index contributed by atoms with van der Waals surface area (Å²) in [5.74, 6) is -0.572. The molecule has 0 aliphatic heterocycles. The third-order valence-corrected chi connectivity index (χ3v) is 8.88. The minimum Gasteiger partial charge on any atom is -0.497 e. The number of sulfonamides is 1. The molecule has 0 bridgehead atoms. The van der Waals surface area contributed by atoms with Crippen molar-refractivity contribution in [3.63, 3.8) is 0 Å². The van der Waals surface area contributed by atoms with Crippen molar-refractivity contribution in [2.24, 2.45) is 7.05 Å². The highest BCUT2D eigenvalue weighted by Gasteiger charge is 2.35. The molecule has 1 amide bonds. The van der Waals surface area contributed by atoms with E-state index in [1.54, 1.807) is 25.2 Å². The summed E-state index contributed by atoms with van der Waals surface area (Å²) in [6, 6.07) is 7.00. The van der Waals surface area contributed by atoms with Crippen molar-refractivity contribution in [2.75, 3.05) is 26.6 Å². The second-order valence-electron chi connectivity index (χ2n) is 10.6. The summed E-state index contributed by atoms with van der Waals surface area (Å²) in [6.07, 6.45) is -2.20. The molecule has 0 aliphatic rings. The number of ether oxygens (including phenoxy) is 3. The molecule has 0 fully saturated rings. The zero-order valence-corrected chi connectivity index (χ0v) is 28.0. The van der Waals surface area contributed by atoms with Crippen molar-refractivity contribution < 1.29 is 40.6 Å². The Morgan fingerprint density at radius 1 is 0.898 bits per heavy atom. The van der Waals surface area contributed by atoms with Crippen molar-refractivity contribution >= 4 is 27.6 Å². The molecule has 49 heavy (non-hydrogen) atoms. The standard InChI is InChI=1S/C30H30F3N9O6S/c1-15-8-24(30(31,32)33)39-42(15)26-23(14-35-29(37-26)36-19-10-20(46-5)12-21(11-19)47-6)18-9-22(28(48-7)34-13-18)27(43)40-49(44,45)25-16(2)38-41(4)17(25)3/h8-14H,1-7H3,(H,40,43)(H,35,36,37).